The first-order valence-corrected chi connectivity index (χ1v) is 4.35. The van der Waals surface area contributed by atoms with E-state index in [-0.39, 0.29) is 5.76 Å². The molecule has 0 saturated heterocycles. The second kappa shape index (κ2) is 2.58. The molecule has 1 aliphatic rings. The Hall–Kier alpha value is -0.960. The van der Waals surface area contributed by atoms with Crippen molar-refractivity contribution in [3.05, 3.63) is 30.2 Å². The number of thioether (sulfide) groups is 1. The van der Waals surface area contributed by atoms with Gasteiger partial charge in [-0.15, -0.1) is 0 Å². The summed E-state index contributed by atoms with van der Waals surface area (Å²) in [5.41, 5.74) is 0. The van der Waals surface area contributed by atoms with Gasteiger partial charge < -0.3 is 5.11 Å². The SMILES string of the molecule is [O-]C1=C[n+]2ccccc2SC1. The van der Waals surface area contributed by atoms with Gasteiger partial charge in [0.15, 0.2) is 12.4 Å². The van der Waals surface area contributed by atoms with E-state index in [0.29, 0.717) is 5.75 Å². The van der Waals surface area contributed by atoms with Crippen LogP contribution in [0.4, 0.5) is 0 Å². The van der Waals surface area contributed by atoms with E-state index in [0.717, 1.165) is 5.03 Å². The van der Waals surface area contributed by atoms with Gasteiger partial charge in [-0.25, -0.2) is 0 Å². The van der Waals surface area contributed by atoms with Crippen LogP contribution in [0.3, 0.4) is 0 Å². The fourth-order valence-electron chi connectivity index (χ4n) is 1.01. The predicted octanol–water partition coefficient (Wildman–Crippen LogP) is 0.238. The first kappa shape index (κ1) is 6.73. The minimum absolute atomic E-state index is 0.179. The Kier molecular flexibility index (Phi) is 1.58. The highest BCUT2D eigenvalue weighted by Gasteiger charge is 2.11. The summed E-state index contributed by atoms with van der Waals surface area (Å²) in [6.45, 7) is 0. The highest BCUT2D eigenvalue weighted by Crippen LogP contribution is 2.17. The van der Waals surface area contributed by atoms with Crippen molar-refractivity contribution in [3.8, 4) is 0 Å². The van der Waals surface area contributed by atoms with Gasteiger partial charge >= 0.3 is 0 Å². The summed E-state index contributed by atoms with van der Waals surface area (Å²) in [4.78, 5) is 0. The number of hydrogen-bond acceptors (Lipinski definition) is 2. The molecule has 0 aromatic carbocycles. The summed E-state index contributed by atoms with van der Waals surface area (Å²) in [5.74, 6) is 0.753. The Morgan fingerprint density at radius 1 is 1.45 bits per heavy atom. The van der Waals surface area contributed by atoms with E-state index in [4.69, 9.17) is 0 Å². The first-order valence-electron chi connectivity index (χ1n) is 3.37. The highest BCUT2D eigenvalue weighted by atomic mass is 32.2. The van der Waals surface area contributed by atoms with E-state index < -0.39 is 0 Å². The van der Waals surface area contributed by atoms with Gasteiger partial charge in [0.2, 0.25) is 5.03 Å². The molecule has 0 spiro atoms. The van der Waals surface area contributed by atoms with Crippen LogP contribution in [-0.2, 0) is 0 Å². The van der Waals surface area contributed by atoms with Crippen LogP contribution in [0.5, 0.6) is 0 Å². The van der Waals surface area contributed by atoms with Crippen molar-refractivity contribution in [2.75, 3.05) is 5.75 Å². The molecule has 2 nitrogen and oxygen atoms in total. The average molecular weight is 165 g/mol. The van der Waals surface area contributed by atoms with E-state index in [1.54, 1.807) is 18.0 Å². The van der Waals surface area contributed by atoms with Crippen molar-refractivity contribution in [2.45, 2.75) is 5.03 Å². The zero-order valence-corrected chi connectivity index (χ0v) is 6.67. The van der Waals surface area contributed by atoms with Gasteiger partial charge in [-0.2, -0.15) is 4.57 Å². The van der Waals surface area contributed by atoms with Crippen LogP contribution in [-0.4, -0.2) is 5.75 Å². The highest BCUT2D eigenvalue weighted by molar-refractivity contribution is 7.99. The molecule has 0 atom stereocenters. The van der Waals surface area contributed by atoms with Gasteiger partial charge in [-0.05, 0) is 6.07 Å². The lowest BCUT2D eigenvalue weighted by molar-refractivity contribution is -0.614. The second-order valence-corrected chi connectivity index (χ2v) is 3.33. The molecule has 0 N–H and O–H groups in total. The van der Waals surface area contributed by atoms with Gasteiger partial charge in [0.1, 0.15) is 0 Å². The molecule has 0 unspecified atom stereocenters. The van der Waals surface area contributed by atoms with E-state index in [1.807, 2.05) is 29.0 Å². The van der Waals surface area contributed by atoms with Gasteiger partial charge in [0.05, 0.1) is 0 Å². The molecule has 0 radical (unpaired) electrons. The quantitative estimate of drug-likeness (QED) is 0.515. The molecule has 1 aliphatic heterocycles. The molecule has 56 valence electrons. The molecule has 2 heterocycles. The monoisotopic (exact) mass is 165 g/mol. The van der Waals surface area contributed by atoms with Crippen molar-refractivity contribution < 1.29 is 9.67 Å². The van der Waals surface area contributed by atoms with Gasteiger partial charge in [0, 0.05) is 17.9 Å². The first-order chi connectivity index (χ1) is 5.36. The summed E-state index contributed by atoms with van der Waals surface area (Å²) in [7, 11) is 0. The van der Waals surface area contributed by atoms with Crippen molar-refractivity contribution in [1.29, 1.82) is 0 Å². The Balaban J connectivity index is 2.51. The zero-order valence-electron chi connectivity index (χ0n) is 5.86. The second-order valence-electron chi connectivity index (χ2n) is 2.33. The normalized spacial score (nSPS) is 15.5. The molecule has 0 fully saturated rings. The third kappa shape index (κ3) is 1.24. The Bertz CT molecular complexity index is 309. The van der Waals surface area contributed by atoms with Crippen LogP contribution in [0.25, 0.3) is 6.20 Å². The summed E-state index contributed by atoms with van der Waals surface area (Å²) >= 11 is 1.58. The fourth-order valence-corrected chi connectivity index (χ4v) is 1.81. The molecule has 3 heteroatoms. The van der Waals surface area contributed by atoms with Crippen molar-refractivity contribution >= 4 is 18.0 Å². The van der Waals surface area contributed by atoms with E-state index in [2.05, 4.69) is 0 Å². The maximum atomic E-state index is 10.9. The maximum Gasteiger partial charge on any atom is 0.245 e. The van der Waals surface area contributed by atoms with Crippen molar-refractivity contribution in [2.24, 2.45) is 0 Å². The fraction of sp³-hybridized carbons (Fsp3) is 0.125. The standard InChI is InChI=1S/C8H7NOS/c10-7-5-9-4-2-1-3-8(9)11-6-7/h1-5H,6H2. The van der Waals surface area contributed by atoms with Crippen LogP contribution in [0.2, 0.25) is 0 Å². The molecular weight excluding hydrogens is 158 g/mol. The third-order valence-corrected chi connectivity index (χ3v) is 2.57. The number of rotatable bonds is 0. The number of pyridine rings is 1. The van der Waals surface area contributed by atoms with Crippen LogP contribution < -0.4 is 9.67 Å². The molecule has 0 saturated carbocycles. The van der Waals surface area contributed by atoms with E-state index >= 15 is 0 Å². The molecule has 0 bridgehead atoms. The van der Waals surface area contributed by atoms with Gasteiger partial charge in [-0.3, -0.25) is 0 Å². The molecule has 11 heavy (non-hydrogen) atoms. The summed E-state index contributed by atoms with van der Waals surface area (Å²) in [6, 6.07) is 5.90. The van der Waals surface area contributed by atoms with Gasteiger partial charge in [0.25, 0.3) is 0 Å². The minimum atomic E-state index is 0.179. The Morgan fingerprint density at radius 3 is 3.27 bits per heavy atom. The topological polar surface area (TPSA) is 26.9 Å². The van der Waals surface area contributed by atoms with Crippen LogP contribution >= 0.6 is 11.8 Å². The summed E-state index contributed by atoms with van der Waals surface area (Å²) in [6.07, 6.45) is 3.52. The molecule has 0 amide bonds. The lowest BCUT2D eigenvalue weighted by atomic mass is 10.5. The largest absolute Gasteiger partial charge is 0.871 e. The minimum Gasteiger partial charge on any atom is -0.871 e. The summed E-state index contributed by atoms with van der Waals surface area (Å²) in [5, 5.41) is 12.1. The lowest BCUT2D eigenvalue weighted by Gasteiger charge is -2.12. The van der Waals surface area contributed by atoms with Gasteiger partial charge in [-0.1, -0.05) is 17.5 Å². The van der Waals surface area contributed by atoms with Crippen LogP contribution in [0.15, 0.2) is 35.2 Å². The zero-order chi connectivity index (χ0) is 7.68. The Morgan fingerprint density at radius 2 is 2.36 bits per heavy atom. The number of aromatic nitrogens is 1. The van der Waals surface area contributed by atoms with Crippen molar-refractivity contribution in [1.82, 2.24) is 0 Å². The maximum absolute atomic E-state index is 10.9. The summed E-state index contributed by atoms with van der Waals surface area (Å²) < 4.78 is 1.86. The number of fused-ring (bicyclic) bond motifs is 1. The van der Waals surface area contributed by atoms with E-state index in [9.17, 15) is 5.11 Å². The Labute approximate surface area is 69.2 Å². The average Bonchev–Trinajstić information content (AvgIpc) is 2.04. The smallest absolute Gasteiger partial charge is 0.245 e. The third-order valence-electron chi connectivity index (χ3n) is 1.50. The molecule has 1 aromatic heterocycles. The lowest BCUT2D eigenvalue weighted by Crippen LogP contribution is -2.33. The van der Waals surface area contributed by atoms with E-state index in [1.165, 1.54) is 0 Å². The van der Waals surface area contributed by atoms with Crippen LogP contribution in [0.1, 0.15) is 0 Å². The predicted molar refractivity (Wildman–Crippen MR) is 41.6 cm³/mol. The molecular formula is C8H7NOS. The van der Waals surface area contributed by atoms with Crippen LogP contribution in [0, 0.1) is 0 Å². The molecule has 0 aliphatic carbocycles. The number of nitrogens with zero attached hydrogens (tertiary/aromatic N) is 1. The number of hydrogen-bond donors (Lipinski definition) is 0. The molecule has 2 rings (SSSR count). The van der Waals surface area contributed by atoms with Crippen molar-refractivity contribution in [3.63, 3.8) is 0 Å². The molecule has 1 aromatic rings.